The topological polar surface area (TPSA) is 29.5 Å². The zero-order valence-electron chi connectivity index (χ0n) is 11.4. The molecular formula is C14H20FNO2. The molecule has 18 heavy (non-hydrogen) atoms. The van der Waals surface area contributed by atoms with E-state index in [1.165, 1.54) is 17.0 Å². The highest BCUT2D eigenvalue weighted by Crippen LogP contribution is 2.09. The van der Waals surface area contributed by atoms with Gasteiger partial charge < -0.3 is 9.64 Å². The van der Waals surface area contributed by atoms with E-state index in [-0.39, 0.29) is 23.9 Å². The summed E-state index contributed by atoms with van der Waals surface area (Å²) in [6.07, 6.45) is 0. The summed E-state index contributed by atoms with van der Waals surface area (Å²) < 4.78 is 18.4. The van der Waals surface area contributed by atoms with Crippen LogP contribution in [0.1, 0.15) is 26.3 Å². The molecule has 4 heteroatoms. The van der Waals surface area contributed by atoms with Crippen molar-refractivity contribution >= 4 is 5.91 Å². The molecule has 0 fully saturated rings. The lowest BCUT2D eigenvalue weighted by Crippen LogP contribution is -2.33. The van der Waals surface area contributed by atoms with E-state index in [1.54, 1.807) is 19.2 Å². The molecule has 0 radical (unpaired) electrons. The summed E-state index contributed by atoms with van der Waals surface area (Å²) in [4.78, 5) is 13.3. The van der Waals surface area contributed by atoms with E-state index in [4.69, 9.17) is 4.74 Å². The van der Waals surface area contributed by atoms with Crippen molar-refractivity contribution in [3.8, 4) is 0 Å². The summed E-state index contributed by atoms with van der Waals surface area (Å²) in [6, 6.07) is 6.23. The number of halogens is 1. The van der Waals surface area contributed by atoms with Crippen LogP contribution in [0, 0.1) is 5.82 Å². The van der Waals surface area contributed by atoms with Gasteiger partial charge in [0.2, 0.25) is 5.91 Å². The maximum absolute atomic E-state index is 13.0. The maximum atomic E-state index is 13.0. The molecule has 0 N–H and O–H groups in total. The summed E-state index contributed by atoms with van der Waals surface area (Å²) >= 11 is 0. The van der Waals surface area contributed by atoms with Crippen LogP contribution in [0.4, 0.5) is 4.39 Å². The first-order valence-electron chi connectivity index (χ1n) is 5.90. The number of hydrogen-bond acceptors (Lipinski definition) is 2. The lowest BCUT2D eigenvalue weighted by Gasteiger charge is -2.22. The molecule has 1 rings (SSSR count). The quantitative estimate of drug-likeness (QED) is 0.825. The minimum atomic E-state index is -0.338. The van der Waals surface area contributed by atoms with E-state index < -0.39 is 0 Å². The van der Waals surface area contributed by atoms with Crippen LogP contribution in [0.15, 0.2) is 24.3 Å². The lowest BCUT2D eigenvalue weighted by molar-refractivity contribution is -0.140. The molecule has 0 unspecified atom stereocenters. The van der Waals surface area contributed by atoms with E-state index in [2.05, 4.69) is 0 Å². The summed E-state index contributed by atoms with van der Waals surface area (Å²) in [6.45, 7) is 6.10. The molecule has 0 aromatic heterocycles. The number of ether oxygens (including phenoxy) is 1. The van der Waals surface area contributed by atoms with Crippen molar-refractivity contribution in [1.29, 1.82) is 0 Å². The number of hydrogen-bond donors (Lipinski definition) is 0. The average molecular weight is 253 g/mol. The van der Waals surface area contributed by atoms with Gasteiger partial charge in [-0.1, -0.05) is 12.1 Å². The summed E-state index contributed by atoms with van der Waals surface area (Å²) in [5.74, 6) is -0.409. The van der Waals surface area contributed by atoms with Crippen LogP contribution in [0.2, 0.25) is 0 Å². The molecule has 1 amide bonds. The number of carbonyl (C=O) groups excluding carboxylic acids is 1. The van der Waals surface area contributed by atoms with Crippen molar-refractivity contribution in [2.75, 3.05) is 13.7 Å². The van der Waals surface area contributed by atoms with Crippen molar-refractivity contribution in [3.63, 3.8) is 0 Å². The van der Waals surface area contributed by atoms with Gasteiger partial charge in [-0.25, -0.2) is 4.39 Å². The Morgan fingerprint density at radius 1 is 1.39 bits per heavy atom. The van der Waals surface area contributed by atoms with E-state index in [1.807, 2.05) is 20.8 Å². The predicted octanol–water partition coefficient (Wildman–Crippen LogP) is 2.60. The molecule has 0 aliphatic heterocycles. The van der Waals surface area contributed by atoms with E-state index in [9.17, 15) is 9.18 Å². The number of benzene rings is 1. The summed E-state index contributed by atoms with van der Waals surface area (Å²) in [7, 11) is 1.68. The highest BCUT2D eigenvalue weighted by molar-refractivity contribution is 5.77. The van der Waals surface area contributed by atoms with Gasteiger partial charge >= 0.3 is 0 Å². The summed E-state index contributed by atoms with van der Waals surface area (Å²) in [5.41, 5.74) is 0.427. The minimum Gasteiger partial charge on any atom is -0.366 e. The Bertz CT molecular complexity index is 413. The van der Waals surface area contributed by atoms with Gasteiger partial charge in [0.25, 0.3) is 0 Å². The normalized spacial score (nSPS) is 11.4. The Labute approximate surface area is 108 Å². The molecule has 0 aliphatic rings. The number of nitrogens with zero attached hydrogens (tertiary/aromatic N) is 1. The van der Waals surface area contributed by atoms with Crippen LogP contribution in [0.5, 0.6) is 0 Å². The highest BCUT2D eigenvalue weighted by atomic mass is 19.1. The van der Waals surface area contributed by atoms with E-state index in [0.717, 1.165) is 5.56 Å². The van der Waals surface area contributed by atoms with Crippen molar-refractivity contribution in [2.24, 2.45) is 0 Å². The van der Waals surface area contributed by atoms with Crippen LogP contribution >= 0.6 is 0 Å². The first kappa shape index (κ1) is 14.6. The molecule has 3 nitrogen and oxygen atoms in total. The van der Waals surface area contributed by atoms with Gasteiger partial charge in [0.1, 0.15) is 12.4 Å². The molecule has 0 saturated carbocycles. The van der Waals surface area contributed by atoms with Crippen molar-refractivity contribution in [1.82, 2.24) is 4.90 Å². The summed E-state index contributed by atoms with van der Waals surface area (Å²) in [5, 5.41) is 0. The number of likely N-dealkylation sites (N-methyl/N-ethyl adjacent to an activating group) is 1. The van der Waals surface area contributed by atoms with Gasteiger partial charge in [-0.15, -0.1) is 0 Å². The standard InChI is InChI=1S/C14H20FNO2/c1-14(2,3)18-10-13(17)16(4)9-11-6-5-7-12(15)8-11/h5-8H,9-10H2,1-4H3. The molecule has 0 bridgehead atoms. The predicted molar refractivity (Wildman–Crippen MR) is 68.6 cm³/mol. The Kier molecular flexibility index (Phi) is 4.84. The molecule has 1 aromatic rings. The molecule has 100 valence electrons. The smallest absolute Gasteiger partial charge is 0.248 e. The van der Waals surface area contributed by atoms with Gasteiger partial charge in [-0.3, -0.25) is 4.79 Å². The van der Waals surface area contributed by atoms with Gasteiger partial charge in [0, 0.05) is 13.6 Å². The van der Waals surface area contributed by atoms with Crippen LogP contribution in [-0.2, 0) is 16.1 Å². The third-order valence-electron chi connectivity index (χ3n) is 2.36. The van der Waals surface area contributed by atoms with Crippen LogP contribution in [-0.4, -0.2) is 30.1 Å². The Balaban J connectivity index is 2.50. The van der Waals surface area contributed by atoms with Gasteiger partial charge in [-0.2, -0.15) is 0 Å². The molecule has 0 aliphatic carbocycles. The lowest BCUT2D eigenvalue weighted by atomic mass is 10.2. The molecule has 0 spiro atoms. The minimum absolute atomic E-state index is 0.0370. The first-order chi connectivity index (χ1) is 8.28. The molecule has 0 saturated heterocycles. The van der Waals surface area contributed by atoms with Crippen LogP contribution in [0.25, 0.3) is 0 Å². The average Bonchev–Trinajstić information content (AvgIpc) is 2.24. The molecule has 1 aromatic carbocycles. The monoisotopic (exact) mass is 253 g/mol. The Morgan fingerprint density at radius 3 is 2.61 bits per heavy atom. The molecule has 0 atom stereocenters. The van der Waals surface area contributed by atoms with Gasteiger partial charge in [0.05, 0.1) is 5.60 Å². The maximum Gasteiger partial charge on any atom is 0.248 e. The van der Waals surface area contributed by atoms with Crippen LogP contribution in [0.3, 0.4) is 0 Å². The second-order valence-corrected chi connectivity index (χ2v) is 5.28. The second kappa shape index (κ2) is 5.96. The fourth-order valence-corrected chi connectivity index (χ4v) is 1.39. The third-order valence-corrected chi connectivity index (χ3v) is 2.36. The van der Waals surface area contributed by atoms with Crippen molar-refractivity contribution in [3.05, 3.63) is 35.6 Å². The fraction of sp³-hybridized carbons (Fsp3) is 0.500. The number of carbonyl (C=O) groups is 1. The fourth-order valence-electron chi connectivity index (χ4n) is 1.39. The SMILES string of the molecule is CN(Cc1cccc(F)c1)C(=O)COC(C)(C)C. The largest absolute Gasteiger partial charge is 0.366 e. The van der Waals surface area contributed by atoms with E-state index in [0.29, 0.717) is 6.54 Å². The number of rotatable bonds is 4. The number of amides is 1. The van der Waals surface area contributed by atoms with E-state index >= 15 is 0 Å². The molecule has 0 heterocycles. The van der Waals surface area contributed by atoms with Crippen molar-refractivity contribution < 1.29 is 13.9 Å². The zero-order chi connectivity index (χ0) is 13.8. The first-order valence-corrected chi connectivity index (χ1v) is 5.90. The van der Waals surface area contributed by atoms with Gasteiger partial charge in [0.15, 0.2) is 0 Å². The van der Waals surface area contributed by atoms with Crippen LogP contribution < -0.4 is 0 Å². The zero-order valence-corrected chi connectivity index (χ0v) is 11.4. The third kappa shape index (κ3) is 5.27. The van der Waals surface area contributed by atoms with Gasteiger partial charge in [-0.05, 0) is 38.5 Å². The highest BCUT2D eigenvalue weighted by Gasteiger charge is 2.15. The Morgan fingerprint density at radius 2 is 2.06 bits per heavy atom. The molecular weight excluding hydrogens is 233 g/mol. The second-order valence-electron chi connectivity index (χ2n) is 5.28. The Hall–Kier alpha value is -1.42. The van der Waals surface area contributed by atoms with Crippen molar-refractivity contribution in [2.45, 2.75) is 32.9 Å².